The summed E-state index contributed by atoms with van der Waals surface area (Å²) in [7, 11) is -3.48. The molecule has 0 aliphatic carbocycles. The molecule has 0 radical (unpaired) electrons. The minimum absolute atomic E-state index is 0.261. The molecule has 0 aliphatic heterocycles. The van der Waals surface area contributed by atoms with Crippen molar-refractivity contribution in [3.63, 3.8) is 0 Å². The van der Waals surface area contributed by atoms with E-state index in [9.17, 15) is 8.42 Å². The average Bonchev–Trinajstić information content (AvgIpc) is 3.18. The summed E-state index contributed by atoms with van der Waals surface area (Å²) in [6.07, 6.45) is 4.00. The first-order valence-corrected chi connectivity index (χ1v) is 10.7. The highest BCUT2D eigenvalue weighted by molar-refractivity contribution is 7.89. The number of imidazole rings is 1. The van der Waals surface area contributed by atoms with Gasteiger partial charge in [-0.2, -0.15) is 4.98 Å². The van der Waals surface area contributed by atoms with Crippen molar-refractivity contribution in [3.8, 4) is 5.82 Å². The number of aromatic nitrogens is 4. The second-order valence-electron chi connectivity index (χ2n) is 6.33. The summed E-state index contributed by atoms with van der Waals surface area (Å²) in [4.78, 5) is 13.4. The fourth-order valence-corrected chi connectivity index (χ4v) is 3.98. The van der Waals surface area contributed by atoms with Crippen molar-refractivity contribution in [2.75, 3.05) is 18.4 Å². The molecule has 0 spiro atoms. The van der Waals surface area contributed by atoms with Gasteiger partial charge in [0.15, 0.2) is 0 Å². The third-order valence-electron chi connectivity index (χ3n) is 4.32. The van der Waals surface area contributed by atoms with Crippen LogP contribution in [0.5, 0.6) is 0 Å². The van der Waals surface area contributed by atoms with Gasteiger partial charge >= 0.3 is 0 Å². The zero-order valence-electron chi connectivity index (χ0n) is 15.6. The molecule has 0 unspecified atom stereocenters. The number of hydrogen-bond acceptors (Lipinski definition) is 6. The van der Waals surface area contributed by atoms with Crippen LogP contribution in [0.1, 0.15) is 6.42 Å². The van der Waals surface area contributed by atoms with Crippen LogP contribution in [0.15, 0.2) is 78.1 Å². The largest absolute Gasteiger partial charge is 0.354 e. The molecule has 2 aromatic heterocycles. The van der Waals surface area contributed by atoms with Crippen LogP contribution < -0.4 is 10.0 Å². The Hall–Kier alpha value is -3.30. The van der Waals surface area contributed by atoms with Gasteiger partial charge in [-0.05, 0) is 36.8 Å². The van der Waals surface area contributed by atoms with Crippen LogP contribution in [0, 0.1) is 0 Å². The highest BCUT2D eigenvalue weighted by Gasteiger charge is 2.12. The Kier molecular flexibility index (Phi) is 5.50. The van der Waals surface area contributed by atoms with Gasteiger partial charge in [0, 0.05) is 19.3 Å². The molecule has 8 nitrogen and oxygen atoms in total. The number of nitrogens with one attached hydrogen (secondary N) is 2. The molecule has 4 rings (SSSR count). The Labute approximate surface area is 168 Å². The van der Waals surface area contributed by atoms with E-state index in [-0.39, 0.29) is 4.90 Å². The van der Waals surface area contributed by atoms with E-state index < -0.39 is 10.0 Å². The summed E-state index contributed by atoms with van der Waals surface area (Å²) >= 11 is 0. The lowest BCUT2D eigenvalue weighted by Crippen LogP contribution is -2.26. The fourth-order valence-electron chi connectivity index (χ4n) is 2.89. The molecule has 0 aliphatic rings. The summed E-state index contributed by atoms with van der Waals surface area (Å²) < 4.78 is 28.9. The molecule has 0 saturated carbocycles. The van der Waals surface area contributed by atoms with Crippen molar-refractivity contribution in [3.05, 3.63) is 73.2 Å². The summed E-state index contributed by atoms with van der Waals surface area (Å²) in [5.74, 6) is 1.19. The summed E-state index contributed by atoms with van der Waals surface area (Å²) in [5.41, 5.74) is 1.86. The minimum atomic E-state index is -3.48. The third kappa shape index (κ3) is 4.41. The van der Waals surface area contributed by atoms with Gasteiger partial charge in [0.1, 0.15) is 12.1 Å². The Morgan fingerprint density at radius 2 is 1.69 bits per heavy atom. The Morgan fingerprint density at radius 1 is 0.897 bits per heavy atom. The zero-order chi connectivity index (χ0) is 20.1. The smallest absolute Gasteiger partial charge is 0.240 e. The lowest BCUT2D eigenvalue weighted by atomic mass is 10.3. The molecule has 29 heavy (non-hydrogen) atoms. The monoisotopic (exact) mass is 408 g/mol. The zero-order valence-corrected chi connectivity index (χ0v) is 16.4. The van der Waals surface area contributed by atoms with Gasteiger partial charge in [0.25, 0.3) is 0 Å². The van der Waals surface area contributed by atoms with E-state index in [0.717, 1.165) is 11.0 Å². The first kappa shape index (κ1) is 19.0. The molecule has 0 saturated heterocycles. The molecule has 0 atom stereocenters. The topological polar surface area (TPSA) is 102 Å². The van der Waals surface area contributed by atoms with E-state index in [1.165, 1.54) is 0 Å². The van der Waals surface area contributed by atoms with E-state index >= 15 is 0 Å². The van der Waals surface area contributed by atoms with Gasteiger partial charge in [-0.25, -0.2) is 23.1 Å². The summed E-state index contributed by atoms with van der Waals surface area (Å²) in [6, 6.07) is 18.0. The quantitative estimate of drug-likeness (QED) is 0.435. The Bertz CT molecular complexity index is 1210. The first-order chi connectivity index (χ1) is 14.1. The van der Waals surface area contributed by atoms with Crippen LogP contribution in [-0.2, 0) is 10.0 Å². The van der Waals surface area contributed by atoms with Crippen LogP contribution >= 0.6 is 0 Å². The van der Waals surface area contributed by atoms with Crippen LogP contribution in [0.2, 0.25) is 0 Å². The lowest BCUT2D eigenvalue weighted by Gasteiger charge is -2.09. The van der Waals surface area contributed by atoms with Crippen molar-refractivity contribution >= 4 is 27.0 Å². The summed E-state index contributed by atoms with van der Waals surface area (Å²) in [5, 5.41) is 3.13. The normalized spacial score (nSPS) is 11.6. The number of rotatable bonds is 8. The molecule has 9 heteroatoms. The molecule has 2 N–H and O–H groups in total. The SMILES string of the molecule is O=S(=O)(NCCCNc1nccc(-n2cnc3ccccc32)n1)c1ccccc1. The molecule has 0 fully saturated rings. The van der Waals surface area contributed by atoms with Gasteiger partial charge in [0.05, 0.1) is 15.9 Å². The van der Waals surface area contributed by atoms with Gasteiger partial charge in [-0.1, -0.05) is 30.3 Å². The van der Waals surface area contributed by atoms with Gasteiger partial charge in [-0.15, -0.1) is 0 Å². The second-order valence-corrected chi connectivity index (χ2v) is 8.10. The van der Waals surface area contributed by atoms with E-state index in [1.54, 1.807) is 42.9 Å². The number of benzene rings is 2. The predicted octanol–water partition coefficient (Wildman–Crippen LogP) is 2.60. The number of anilines is 1. The van der Waals surface area contributed by atoms with E-state index in [2.05, 4.69) is 25.0 Å². The second kappa shape index (κ2) is 8.38. The first-order valence-electron chi connectivity index (χ1n) is 9.17. The maximum Gasteiger partial charge on any atom is 0.240 e. The van der Waals surface area contributed by atoms with Crippen LogP contribution in [0.3, 0.4) is 0 Å². The van der Waals surface area contributed by atoms with Crippen molar-refractivity contribution < 1.29 is 8.42 Å². The molecule has 2 aromatic carbocycles. The third-order valence-corrected chi connectivity index (χ3v) is 5.80. The summed E-state index contributed by atoms with van der Waals surface area (Å²) in [6.45, 7) is 0.849. The lowest BCUT2D eigenvalue weighted by molar-refractivity contribution is 0.580. The number of fused-ring (bicyclic) bond motifs is 1. The maximum atomic E-state index is 12.2. The number of para-hydroxylation sites is 2. The van der Waals surface area contributed by atoms with E-state index in [4.69, 9.17) is 0 Å². The highest BCUT2D eigenvalue weighted by Crippen LogP contribution is 2.16. The Balaban J connectivity index is 1.34. The predicted molar refractivity (Wildman–Crippen MR) is 111 cm³/mol. The Morgan fingerprint density at radius 3 is 2.55 bits per heavy atom. The standard InChI is InChI=1S/C20H20N6O2S/c27-29(28,16-7-2-1-3-8-16)24-13-6-12-21-20-22-14-11-19(25-20)26-15-23-17-9-4-5-10-18(17)26/h1-5,7-11,14-15,24H,6,12-13H2,(H,21,22,25). The van der Waals surface area contributed by atoms with Crippen LogP contribution in [0.25, 0.3) is 16.9 Å². The number of hydrogen-bond donors (Lipinski definition) is 2. The van der Waals surface area contributed by atoms with Crippen LogP contribution in [0.4, 0.5) is 5.95 Å². The fraction of sp³-hybridized carbons (Fsp3) is 0.150. The van der Waals surface area contributed by atoms with E-state index in [0.29, 0.717) is 31.3 Å². The molecular weight excluding hydrogens is 388 g/mol. The molecule has 4 aromatic rings. The molecule has 0 amide bonds. The molecule has 148 valence electrons. The van der Waals surface area contributed by atoms with Crippen molar-refractivity contribution in [2.45, 2.75) is 11.3 Å². The number of sulfonamides is 1. The van der Waals surface area contributed by atoms with Gasteiger partial charge in [0.2, 0.25) is 16.0 Å². The highest BCUT2D eigenvalue weighted by atomic mass is 32.2. The van der Waals surface area contributed by atoms with Crippen molar-refractivity contribution in [1.29, 1.82) is 0 Å². The van der Waals surface area contributed by atoms with Gasteiger partial charge < -0.3 is 5.32 Å². The van der Waals surface area contributed by atoms with Crippen molar-refractivity contribution in [2.24, 2.45) is 0 Å². The van der Waals surface area contributed by atoms with E-state index in [1.807, 2.05) is 34.9 Å². The van der Waals surface area contributed by atoms with Crippen molar-refractivity contribution in [1.82, 2.24) is 24.2 Å². The molecule has 0 bridgehead atoms. The van der Waals surface area contributed by atoms with Gasteiger partial charge in [-0.3, -0.25) is 4.57 Å². The maximum absolute atomic E-state index is 12.2. The average molecular weight is 408 g/mol. The molecule has 2 heterocycles. The van der Waals surface area contributed by atoms with Crippen LogP contribution in [-0.4, -0.2) is 41.0 Å². The molecular formula is C20H20N6O2S. The number of nitrogens with zero attached hydrogens (tertiary/aromatic N) is 4. The minimum Gasteiger partial charge on any atom is -0.354 e.